The average Bonchev–Trinajstić information content (AvgIpc) is 2.49. The number of pyridine rings is 1. The van der Waals surface area contributed by atoms with Crippen LogP contribution in [0.5, 0.6) is 0 Å². The smallest absolute Gasteiger partial charge is 0.257 e. The van der Waals surface area contributed by atoms with Gasteiger partial charge >= 0.3 is 0 Å². The molecule has 6 heteroatoms. The standard InChI is InChI=1S/C15H12Cl2N2OS/c1-2-7-21-13-6-4-3-5-12(13)19-15(20)10-8-11(16)14(17)18-9-10/h2-6,8-9H,1,7H2,(H,19,20). The normalized spacial score (nSPS) is 10.2. The Balaban J connectivity index is 2.19. The summed E-state index contributed by atoms with van der Waals surface area (Å²) in [5.74, 6) is 0.481. The zero-order chi connectivity index (χ0) is 15.2. The number of halogens is 2. The maximum Gasteiger partial charge on any atom is 0.257 e. The van der Waals surface area contributed by atoms with Crippen LogP contribution in [0.15, 0.2) is 54.1 Å². The Labute approximate surface area is 137 Å². The zero-order valence-electron chi connectivity index (χ0n) is 11.0. The van der Waals surface area contributed by atoms with Gasteiger partial charge in [-0.3, -0.25) is 4.79 Å². The summed E-state index contributed by atoms with van der Waals surface area (Å²) < 4.78 is 0. The Morgan fingerprint density at radius 3 is 2.86 bits per heavy atom. The number of thioether (sulfide) groups is 1. The number of nitrogens with one attached hydrogen (secondary N) is 1. The lowest BCUT2D eigenvalue weighted by Gasteiger charge is -2.10. The van der Waals surface area contributed by atoms with Crippen molar-refractivity contribution in [3.63, 3.8) is 0 Å². The van der Waals surface area contributed by atoms with Crippen molar-refractivity contribution in [1.29, 1.82) is 0 Å². The van der Waals surface area contributed by atoms with Gasteiger partial charge in [-0.25, -0.2) is 4.98 Å². The van der Waals surface area contributed by atoms with Gasteiger partial charge in [0.25, 0.3) is 5.91 Å². The average molecular weight is 339 g/mol. The lowest BCUT2D eigenvalue weighted by atomic mass is 10.2. The first kappa shape index (κ1) is 15.9. The molecule has 1 aromatic heterocycles. The lowest BCUT2D eigenvalue weighted by Crippen LogP contribution is -2.13. The van der Waals surface area contributed by atoms with Crippen LogP contribution in [0.4, 0.5) is 5.69 Å². The van der Waals surface area contributed by atoms with Crippen LogP contribution in [-0.4, -0.2) is 16.6 Å². The number of carbonyl (C=O) groups excluding carboxylic acids is 1. The van der Waals surface area contributed by atoms with Crippen molar-refractivity contribution in [2.75, 3.05) is 11.1 Å². The highest BCUT2D eigenvalue weighted by molar-refractivity contribution is 7.99. The van der Waals surface area contributed by atoms with Crippen LogP contribution >= 0.6 is 35.0 Å². The summed E-state index contributed by atoms with van der Waals surface area (Å²) in [5.41, 5.74) is 1.09. The molecule has 0 aliphatic rings. The number of anilines is 1. The van der Waals surface area contributed by atoms with Crippen molar-refractivity contribution in [3.05, 3.63) is 64.9 Å². The Hall–Kier alpha value is -1.49. The fourth-order valence-electron chi connectivity index (χ4n) is 1.58. The molecule has 108 valence electrons. The van der Waals surface area contributed by atoms with Gasteiger partial charge in [0.2, 0.25) is 0 Å². The number of hydrogen-bond acceptors (Lipinski definition) is 3. The van der Waals surface area contributed by atoms with Gasteiger partial charge < -0.3 is 5.32 Å². The molecule has 2 rings (SSSR count). The summed E-state index contributed by atoms with van der Waals surface area (Å²) in [5, 5.41) is 3.27. The van der Waals surface area contributed by atoms with Crippen LogP contribution in [0.25, 0.3) is 0 Å². The lowest BCUT2D eigenvalue weighted by molar-refractivity contribution is 0.102. The molecule has 0 saturated carbocycles. The molecule has 0 aliphatic heterocycles. The van der Waals surface area contributed by atoms with E-state index in [0.29, 0.717) is 5.56 Å². The number of rotatable bonds is 5. The van der Waals surface area contributed by atoms with Crippen molar-refractivity contribution in [1.82, 2.24) is 4.98 Å². The van der Waals surface area contributed by atoms with Gasteiger partial charge in [0.1, 0.15) is 5.15 Å². The first-order valence-corrected chi connectivity index (χ1v) is 7.81. The minimum Gasteiger partial charge on any atom is -0.321 e. The molecule has 0 saturated heterocycles. The molecule has 1 amide bonds. The van der Waals surface area contributed by atoms with Crippen LogP contribution < -0.4 is 5.32 Å². The van der Waals surface area contributed by atoms with E-state index in [-0.39, 0.29) is 16.1 Å². The summed E-state index contributed by atoms with van der Waals surface area (Å²) >= 11 is 13.2. The number of benzene rings is 1. The Morgan fingerprint density at radius 1 is 1.38 bits per heavy atom. The van der Waals surface area contributed by atoms with E-state index in [1.54, 1.807) is 11.8 Å². The monoisotopic (exact) mass is 338 g/mol. The quantitative estimate of drug-likeness (QED) is 0.478. The van der Waals surface area contributed by atoms with Gasteiger partial charge in [0.15, 0.2) is 0 Å². The van der Waals surface area contributed by atoms with E-state index in [9.17, 15) is 4.79 Å². The van der Waals surface area contributed by atoms with Gasteiger partial charge in [0, 0.05) is 16.8 Å². The highest BCUT2D eigenvalue weighted by Gasteiger charge is 2.11. The molecule has 0 fully saturated rings. The van der Waals surface area contributed by atoms with Crippen LogP contribution in [0, 0.1) is 0 Å². The van der Waals surface area contributed by atoms with E-state index in [2.05, 4.69) is 16.9 Å². The van der Waals surface area contributed by atoms with Crippen LogP contribution in [0.3, 0.4) is 0 Å². The largest absolute Gasteiger partial charge is 0.321 e. The third-order valence-electron chi connectivity index (χ3n) is 2.55. The SMILES string of the molecule is C=CCSc1ccccc1NC(=O)c1cnc(Cl)c(Cl)c1. The molecule has 0 bridgehead atoms. The molecule has 1 heterocycles. The van der Waals surface area contributed by atoms with E-state index in [1.807, 2.05) is 30.3 Å². The van der Waals surface area contributed by atoms with Crippen LogP contribution in [0.2, 0.25) is 10.2 Å². The minimum atomic E-state index is -0.285. The summed E-state index contributed by atoms with van der Waals surface area (Å²) in [4.78, 5) is 17.1. The summed E-state index contributed by atoms with van der Waals surface area (Å²) in [7, 11) is 0. The summed E-state index contributed by atoms with van der Waals surface area (Å²) in [6.07, 6.45) is 3.20. The third-order valence-corrected chi connectivity index (χ3v) is 4.31. The second kappa shape index (κ2) is 7.50. The number of para-hydroxylation sites is 1. The molecular weight excluding hydrogens is 327 g/mol. The molecular formula is C15H12Cl2N2OS. The Kier molecular flexibility index (Phi) is 5.67. The van der Waals surface area contributed by atoms with Gasteiger partial charge in [-0.15, -0.1) is 18.3 Å². The predicted molar refractivity (Wildman–Crippen MR) is 89.6 cm³/mol. The third kappa shape index (κ3) is 4.24. The highest BCUT2D eigenvalue weighted by atomic mass is 35.5. The molecule has 0 radical (unpaired) electrons. The highest BCUT2D eigenvalue weighted by Crippen LogP contribution is 2.27. The van der Waals surface area contributed by atoms with E-state index < -0.39 is 0 Å². The van der Waals surface area contributed by atoms with Crippen molar-refractivity contribution in [2.24, 2.45) is 0 Å². The Bertz CT molecular complexity index is 676. The molecule has 1 N–H and O–H groups in total. The first-order valence-electron chi connectivity index (χ1n) is 6.07. The van der Waals surface area contributed by atoms with Crippen LogP contribution in [-0.2, 0) is 0 Å². The van der Waals surface area contributed by atoms with Gasteiger partial charge in [-0.1, -0.05) is 41.4 Å². The predicted octanol–water partition coefficient (Wildman–Crippen LogP) is 4.92. The molecule has 0 atom stereocenters. The second-order valence-corrected chi connectivity index (χ2v) is 5.87. The molecule has 0 unspecified atom stereocenters. The molecule has 3 nitrogen and oxygen atoms in total. The van der Waals surface area contributed by atoms with Crippen molar-refractivity contribution < 1.29 is 4.79 Å². The zero-order valence-corrected chi connectivity index (χ0v) is 13.3. The fourth-order valence-corrected chi connectivity index (χ4v) is 2.60. The van der Waals surface area contributed by atoms with Crippen molar-refractivity contribution in [3.8, 4) is 0 Å². The number of hydrogen-bond donors (Lipinski definition) is 1. The van der Waals surface area contributed by atoms with E-state index in [1.165, 1.54) is 12.3 Å². The number of nitrogens with zero attached hydrogens (tertiary/aromatic N) is 1. The van der Waals surface area contributed by atoms with Gasteiger partial charge in [-0.05, 0) is 18.2 Å². The van der Waals surface area contributed by atoms with Crippen molar-refractivity contribution in [2.45, 2.75) is 4.90 Å². The topological polar surface area (TPSA) is 42.0 Å². The maximum atomic E-state index is 12.2. The van der Waals surface area contributed by atoms with Crippen molar-refractivity contribution >= 4 is 46.6 Å². The summed E-state index contributed by atoms with van der Waals surface area (Å²) in [6.45, 7) is 3.69. The summed E-state index contributed by atoms with van der Waals surface area (Å²) in [6, 6.07) is 9.05. The van der Waals surface area contributed by atoms with Gasteiger partial charge in [-0.2, -0.15) is 0 Å². The van der Waals surface area contributed by atoms with Gasteiger partial charge in [0.05, 0.1) is 16.3 Å². The van der Waals surface area contributed by atoms with E-state index in [0.717, 1.165) is 16.3 Å². The number of carbonyl (C=O) groups is 1. The Morgan fingerprint density at radius 2 is 2.14 bits per heavy atom. The molecule has 21 heavy (non-hydrogen) atoms. The number of amides is 1. The molecule has 0 spiro atoms. The van der Waals surface area contributed by atoms with E-state index in [4.69, 9.17) is 23.2 Å². The fraction of sp³-hybridized carbons (Fsp3) is 0.0667. The molecule has 2 aromatic rings. The van der Waals surface area contributed by atoms with Crippen LogP contribution in [0.1, 0.15) is 10.4 Å². The second-order valence-electron chi connectivity index (χ2n) is 4.05. The first-order chi connectivity index (χ1) is 10.1. The molecule has 1 aromatic carbocycles. The maximum absolute atomic E-state index is 12.2. The molecule has 0 aliphatic carbocycles. The van der Waals surface area contributed by atoms with E-state index >= 15 is 0 Å². The number of aromatic nitrogens is 1. The minimum absolute atomic E-state index is 0.176.